The quantitative estimate of drug-likeness (QED) is 0.831. The molecule has 3 fully saturated rings. The second-order valence-electron chi connectivity index (χ2n) is 9.44. The summed E-state index contributed by atoms with van der Waals surface area (Å²) in [7, 11) is 0. The zero-order valence-corrected chi connectivity index (χ0v) is 16.2. The molecule has 3 aliphatic carbocycles. The highest BCUT2D eigenvalue weighted by molar-refractivity contribution is 5.91. The van der Waals surface area contributed by atoms with E-state index in [9.17, 15) is 14.7 Å². The van der Waals surface area contributed by atoms with Crippen LogP contribution in [-0.4, -0.2) is 52.5 Å². The average molecular weight is 382 g/mol. The van der Waals surface area contributed by atoms with Crippen molar-refractivity contribution in [2.24, 2.45) is 5.92 Å². The van der Waals surface area contributed by atoms with E-state index in [4.69, 9.17) is 4.74 Å². The molecule has 1 spiro atoms. The fraction of sp³-hybridized carbons (Fsp3) is 0.636. The molecule has 148 valence electrons. The van der Waals surface area contributed by atoms with Gasteiger partial charge in [-0.3, -0.25) is 14.5 Å². The number of nitrogens with zero attached hydrogens (tertiary/aromatic N) is 1. The van der Waals surface area contributed by atoms with E-state index >= 15 is 0 Å². The molecule has 2 bridgehead atoms. The zero-order chi connectivity index (χ0) is 19.3. The Kier molecular flexibility index (Phi) is 3.18. The summed E-state index contributed by atoms with van der Waals surface area (Å²) in [5, 5.41) is 13.9. The lowest BCUT2D eigenvalue weighted by Crippen LogP contribution is -2.81. The van der Waals surface area contributed by atoms with Crippen molar-refractivity contribution in [3.05, 3.63) is 23.3 Å². The average Bonchev–Trinajstić information content (AvgIpc) is 3.38. The van der Waals surface area contributed by atoms with Crippen LogP contribution in [0.5, 0.6) is 11.5 Å². The Bertz CT molecular complexity index is 910. The summed E-state index contributed by atoms with van der Waals surface area (Å²) in [6, 6.07) is 3.85. The van der Waals surface area contributed by atoms with E-state index in [1.807, 2.05) is 6.07 Å². The molecule has 2 aliphatic heterocycles. The van der Waals surface area contributed by atoms with Gasteiger partial charge in [0.15, 0.2) is 23.4 Å². The minimum atomic E-state index is -0.610. The van der Waals surface area contributed by atoms with Crippen LogP contribution in [0.2, 0.25) is 0 Å². The minimum Gasteiger partial charge on any atom is -0.504 e. The van der Waals surface area contributed by atoms with Gasteiger partial charge in [-0.05, 0) is 56.2 Å². The maximum atomic E-state index is 13.0. The second kappa shape index (κ2) is 5.29. The van der Waals surface area contributed by atoms with Crippen LogP contribution in [0.15, 0.2) is 12.1 Å². The summed E-state index contributed by atoms with van der Waals surface area (Å²) < 4.78 is 6.19. The van der Waals surface area contributed by atoms with Gasteiger partial charge in [0.1, 0.15) is 0 Å². The van der Waals surface area contributed by atoms with Crippen molar-refractivity contribution < 1.29 is 19.4 Å². The van der Waals surface area contributed by atoms with Crippen LogP contribution in [0.4, 0.5) is 0 Å². The Morgan fingerprint density at radius 2 is 2.18 bits per heavy atom. The lowest BCUT2D eigenvalue weighted by Gasteiger charge is -2.65. The van der Waals surface area contributed by atoms with E-state index in [0.717, 1.165) is 43.0 Å². The lowest BCUT2D eigenvalue weighted by molar-refractivity contribution is -0.149. The number of aromatic hydroxyl groups is 1. The third-order valence-corrected chi connectivity index (χ3v) is 8.01. The summed E-state index contributed by atoms with van der Waals surface area (Å²) in [5.41, 5.74) is 1.06. The van der Waals surface area contributed by atoms with Gasteiger partial charge in [-0.15, -0.1) is 0 Å². The number of nitrogens with one attached hydrogen (secondary N) is 1. The first-order valence-corrected chi connectivity index (χ1v) is 10.5. The van der Waals surface area contributed by atoms with Crippen molar-refractivity contribution in [2.75, 3.05) is 13.1 Å². The molecule has 1 amide bonds. The van der Waals surface area contributed by atoms with Gasteiger partial charge in [-0.2, -0.15) is 0 Å². The second-order valence-corrected chi connectivity index (χ2v) is 9.44. The van der Waals surface area contributed by atoms with E-state index in [2.05, 4.69) is 10.2 Å². The Morgan fingerprint density at radius 3 is 2.93 bits per heavy atom. The van der Waals surface area contributed by atoms with Crippen molar-refractivity contribution in [1.82, 2.24) is 10.2 Å². The number of phenolic OH excluding ortho intramolecular Hbond substituents is 1. The summed E-state index contributed by atoms with van der Waals surface area (Å²) in [6.07, 6.45) is 4.62. The number of carbonyl (C=O) groups excluding carboxylic acids is 2. The topological polar surface area (TPSA) is 78.9 Å². The van der Waals surface area contributed by atoms with Crippen LogP contribution >= 0.6 is 0 Å². The standard InChI is InChI=1S/C22H26N2O4/c1-12(25)23-22-7-6-16(27)20-21(22)8-9-24(11-13-2-3-13)17(22)10-14-4-5-15(26)19(28-20)18(14)21/h4-5,13,17,20,26H,2-3,6-11H2,1H3,(H,23,25)/t17-,20?,21+,22-/m1/s1. The van der Waals surface area contributed by atoms with Crippen molar-refractivity contribution in [3.8, 4) is 11.5 Å². The predicted octanol–water partition coefficient (Wildman–Crippen LogP) is 1.67. The summed E-state index contributed by atoms with van der Waals surface area (Å²) in [5.74, 6) is 1.38. The number of Topliss-reactive ketones (excluding diaryl/α,β-unsaturated/α-hetero) is 1. The first kappa shape index (κ1) is 16.8. The first-order valence-electron chi connectivity index (χ1n) is 10.5. The monoisotopic (exact) mass is 382 g/mol. The van der Waals surface area contributed by atoms with E-state index in [0.29, 0.717) is 18.6 Å². The Morgan fingerprint density at radius 1 is 1.36 bits per heavy atom. The van der Waals surface area contributed by atoms with Crippen LogP contribution in [-0.2, 0) is 21.4 Å². The maximum absolute atomic E-state index is 13.0. The molecule has 0 radical (unpaired) electrons. The largest absolute Gasteiger partial charge is 0.504 e. The molecule has 6 rings (SSSR count). The number of ketones is 1. The molecular formula is C22H26N2O4. The molecule has 1 saturated heterocycles. The molecule has 1 aromatic rings. The van der Waals surface area contributed by atoms with Crippen molar-refractivity contribution >= 4 is 11.7 Å². The third kappa shape index (κ3) is 1.87. The molecule has 28 heavy (non-hydrogen) atoms. The number of hydrogen-bond acceptors (Lipinski definition) is 5. The molecule has 2 N–H and O–H groups in total. The molecular weight excluding hydrogens is 356 g/mol. The molecule has 6 heteroatoms. The van der Waals surface area contributed by atoms with Gasteiger partial charge < -0.3 is 15.2 Å². The molecule has 2 saturated carbocycles. The normalized spacial score (nSPS) is 38.0. The van der Waals surface area contributed by atoms with E-state index in [1.165, 1.54) is 12.8 Å². The highest BCUT2D eigenvalue weighted by Crippen LogP contribution is 2.64. The van der Waals surface area contributed by atoms with Crippen LogP contribution in [0.3, 0.4) is 0 Å². The number of hydrogen-bond donors (Lipinski definition) is 2. The van der Waals surface area contributed by atoms with Gasteiger partial charge in [0.25, 0.3) is 0 Å². The molecule has 2 heterocycles. The minimum absolute atomic E-state index is 0.0530. The summed E-state index contributed by atoms with van der Waals surface area (Å²) in [4.78, 5) is 28.0. The number of ether oxygens (including phenoxy) is 1. The first-order chi connectivity index (χ1) is 13.5. The Balaban J connectivity index is 1.60. The number of piperidine rings is 1. The lowest BCUT2D eigenvalue weighted by atomic mass is 9.47. The number of phenols is 1. The SMILES string of the molecule is CC(=O)N[C@@]12CCC(=O)C3Oc4c(O)ccc5c4[C@@]31CCN(CC1CC1)[C@@H]2C5. The Labute approximate surface area is 164 Å². The smallest absolute Gasteiger partial charge is 0.217 e. The number of benzene rings is 1. The molecule has 0 aromatic heterocycles. The number of amides is 1. The van der Waals surface area contributed by atoms with Crippen LogP contribution in [0, 0.1) is 5.92 Å². The number of rotatable bonds is 3. The van der Waals surface area contributed by atoms with E-state index in [1.54, 1.807) is 13.0 Å². The molecule has 1 aromatic carbocycles. The molecule has 6 nitrogen and oxygen atoms in total. The predicted molar refractivity (Wildman–Crippen MR) is 101 cm³/mol. The van der Waals surface area contributed by atoms with Crippen molar-refractivity contribution in [3.63, 3.8) is 0 Å². The van der Waals surface area contributed by atoms with Gasteiger partial charge >= 0.3 is 0 Å². The van der Waals surface area contributed by atoms with Crippen molar-refractivity contribution in [2.45, 2.75) is 68.5 Å². The Hall–Kier alpha value is -2.08. The number of carbonyl (C=O) groups is 2. The maximum Gasteiger partial charge on any atom is 0.217 e. The van der Waals surface area contributed by atoms with Crippen LogP contribution < -0.4 is 10.1 Å². The fourth-order valence-corrected chi connectivity index (χ4v) is 6.88. The summed E-state index contributed by atoms with van der Waals surface area (Å²) >= 11 is 0. The summed E-state index contributed by atoms with van der Waals surface area (Å²) in [6.45, 7) is 3.55. The van der Waals surface area contributed by atoms with E-state index < -0.39 is 17.1 Å². The van der Waals surface area contributed by atoms with Gasteiger partial charge in [0.2, 0.25) is 5.91 Å². The molecule has 4 atom stereocenters. The zero-order valence-electron chi connectivity index (χ0n) is 16.2. The van der Waals surface area contributed by atoms with Crippen LogP contribution in [0.1, 0.15) is 50.2 Å². The van der Waals surface area contributed by atoms with Crippen LogP contribution in [0.25, 0.3) is 0 Å². The van der Waals surface area contributed by atoms with Gasteiger partial charge in [0.05, 0.1) is 11.0 Å². The highest BCUT2D eigenvalue weighted by atomic mass is 16.5. The van der Waals surface area contributed by atoms with Crippen molar-refractivity contribution in [1.29, 1.82) is 0 Å². The van der Waals surface area contributed by atoms with Gasteiger partial charge in [-0.25, -0.2) is 0 Å². The molecule has 1 unspecified atom stereocenters. The molecule has 5 aliphatic rings. The number of likely N-dealkylation sites (tertiary alicyclic amines) is 1. The van der Waals surface area contributed by atoms with E-state index in [-0.39, 0.29) is 23.5 Å². The van der Waals surface area contributed by atoms with Gasteiger partial charge in [0, 0.05) is 31.5 Å². The van der Waals surface area contributed by atoms with Gasteiger partial charge in [-0.1, -0.05) is 6.07 Å². The third-order valence-electron chi connectivity index (χ3n) is 8.01. The fourth-order valence-electron chi connectivity index (χ4n) is 6.88. The highest BCUT2D eigenvalue weighted by Gasteiger charge is 2.73.